The maximum atomic E-state index is 13.9. The highest BCUT2D eigenvalue weighted by molar-refractivity contribution is 5.98. The lowest BCUT2D eigenvalue weighted by atomic mass is 10.0. The van der Waals surface area contributed by atoms with Gasteiger partial charge >= 0.3 is 0 Å². The molecule has 0 saturated carbocycles. The van der Waals surface area contributed by atoms with E-state index in [-0.39, 0.29) is 44.4 Å². The number of rotatable bonds is 23. The second-order valence-corrected chi connectivity index (χ2v) is 14.1. The quantitative estimate of drug-likeness (QED) is 0.0417. The normalized spacial score (nSPS) is 23.2. The van der Waals surface area contributed by atoms with Gasteiger partial charge in [-0.15, -0.1) is 0 Å². The van der Waals surface area contributed by atoms with E-state index in [0.29, 0.717) is 77.4 Å². The van der Waals surface area contributed by atoms with Gasteiger partial charge in [0.1, 0.15) is 42.5 Å². The highest BCUT2D eigenvalue weighted by Gasteiger charge is 2.33. The Balaban J connectivity index is 3.46. The van der Waals surface area contributed by atoms with E-state index in [4.69, 9.17) is 0 Å². The van der Waals surface area contributed by atoms with Gasteiger partial charge in [0.15, 0.2) is 0 Å². The number of hydrogen-bond donors (Lipinski definition) is 10. The van der Waals surface area contributed by atoms with E-state index in [2.05, 4.69) is 53.2 Å². The second kappa shape index (κ2) is 29.2. The predicted octanol–water partition coefficient (Wildman–Crippen LogP) is -1.62. The molecule has 1 aliphatic rings. The summed E-state index contributed by atoms with van der Waals surface area (Å²) in [5.41, 5.74) is 0. The van der Waals surface area contributed by atoms with Crippen LogP contribution in [0, 0.1) is 0 Å². The van der Waals surface area contributed by atoms with Gasteiger partial charge < -0.3 is 58.0 Å². The van der Waals surface area contributed by atoms with Crippen LogP contribution in [0.2, 0.25) is 0 Å². The van der Waals surface area contributed by atoms with Crippen LogP contribution in [0.1, 0.15) is 104 Å². The zero-order valence-corrected chi connectivity index (χ0v) is 33.5. The van der Waals surface area contributed by atoms with E-state index in [1.807, 2.05) is 7.05 Å². The number of carbonyl (C=O) groups excluding carboxylic acids is 8. The average molecular weight is 781 g/mol. The largest absolute Gasteiger partial charge is 0.356 e. The predicted molar refractivity (Wildman–Crippen MR) is 208 cm³/mol. The molecule has 1 rings (SSSR count). The van der Waals surface area contributed by atoms with Crippen molar-refractivity contribution in [2.24, 2.45) is 0 Å². The number of unbranched alkanes of at least 4 members (excludes halogenated alkanes) is 4. The number of aldehydes is 1. The Morgan fingerprint density at radius 1 is 0.491 bits per heavy atom. The van der Waals surface area contributed by atoms with E-state index in [1.165, 1.54) is 13.8 Å². The van der Waals surface area contributed by atoms with Crippen LogP contribution in [0.5, 0.6) is 0 Å². The first kappa shape index (κ1) is 48.9. The number of amides is 7. The van der Waals surface area contributed by atoms with Crippen LogP contribution >= 0.6 is 0 Å². The summed E-state index contributed by atoms with van der Waals surface area (Å²) in [6.07, 6.45) is 6.53. The molecular weight excluding hydrogens is 712 g/mol. The van der Waals surface area contributed by atoms with Gasteiger partial charge in [-0.3, -0.25) is 33.6 Å². The summed E-state index contributed by atoms with van der Waals surface area (Å²) >= 11 is 0. The Labute approximate surface area is 326 Å². The Morgan fingerprint density at radius 3 is 1.13 bits per heavy atom. The fraction of sp³-hybridized carbons (Fsp3) is 0.784. The summed E-state index contributed by atoms with van der Waals surface area (Å²) in [4.78, 5) is 104. The molecule has 10 N–H and O–H groups in total. The number of hydrogen-bond acceptors (Lipinski definition) is 11. The summed E-state index contributed by atoms with van der Waals surface area (Å²) in [5, 5.41) is 28.3. The molecule has 0 spiro atoms. The van der Waals surface area contributed by atoms with E-state index in [9.17, 15) is 38.4 Å². The SMILES string of the molecule is CNCCCC[C@@H]1NC(=O)[C@@H](C)NC(=O)[C@H](CCCCNC)NC(=O)[C@@H](CCCCNC(=O)CCC=O)NC(=O)[C@H](CCCCNC)NC(=O)[C@@H](C)NC1=O. The maximum absolute atomic E-state index is 13.9. The van der Waals surface area contributed by atoms with Crippen molar-refractivity contribution in [1.82, 2.24) is 53.2 Å². The Hall–Kier alpha value is -4.16. The van der Waals surface area contributed by atoms with Gasteiger partial charge in [0, 0.05) is 19.4 Å². The monoisotopic (exact) mass is 781 g/mol. The van der Waals surface area contributed by atoms with E-state index >= 15 is 0 Å². The molecule has 1 fully saturated rings. The van der Waals surface area contributed by atoms with E-state index in [1.54, 1.807) is 14.1 Å². The first-order valence-corrected chi connectivity index (χ1v) is 19.8. The fourth-order valence-corrected chi connectivity index (χ4v) is 5.90. The molecule has 1 heterocycles. The molecule has 314 valence electrons. The lowest BCUT2D eigenvalue weighted by molar-refractivity contribution is -0.136. The minimum absolute atomic E-state index is 0.0733. The molecule has 0 bridgehead atoms. The highest BCUT2D eigenvalue weighted by atomic mass is 16.2. The minimum Gasteiger partial charge on any atom is -0.356 e. The average Bonchev–Trinajstić information content (AvgIpc) is 3.15. The van der Waals surface area contributed by atoms with Crippen LogP contribution in [-0.4, -0.2) is 131 Å². The molecule has 18 nitrogen and oxygen atoms in total. The molecule has 0 radical (unpaired) electrons. The Kier molecular flexibility index (Phi) is 25.9. The maximum Gasteiger partial charge on any atom is 0.243 e. The van der Waals surface area contributed by atoms with E-state index < -0.39 is 71.7 Å². The zero-order chi connectivity index (χ0) is 41.0. The first-order valence-electron chi connectivity index (χ1n) is 19.8. The van der Waals surface area contributed by atoms with Crippen LogP contribution in [0.25, 0.3) is 0 Å². The Bertz CT molecular complexity index is 1210. The smallest absolute Gasteiger partial charge is 0.243 e. The lowest BCUT2D eigenvalue weighted by Crippen LogP contribution is -2.60. The molecule has 0 aromatic carbocycles. The molecule has 6 atom stereocenters. The minimum atomic E-state index is -1.11. The second-order valence-electron chi connectivity index (χ2n) is 14.1. The van der Waals surface area contributed by atoms with Gasteiger partial charge in [-0.2, -0.15) is 0 Å². The third-order valence-electron chi connectivity index (χ3n) is 9.28. The summed E-state index contributed by atoms with van der Waals surface area (Å²) in [7, 11) is 5.42. The molecule has 55 heavy (non-hydrogen) atoms. The zero-order valence-electron chi connectivity index (χ0n) is 33.5. The molecule has 0 aromatic heterocycles. The van der Waals surface area contributed by atoms with Crippen molar-refractivity contribution in [2.75, 3.05) is 47.3 Å². The lowest BCUT2D eigenvalue weighted by Gasteiger charge is -2.28. The van der Waals surface area contributed by atoms with Gasteiger partial charge in [-0.25, -0.2) is 0 Å². The summed E-state index contributed by atoms with van der Waals surface area (Å²) < 4.78 is 0. The van der Waals surface area contributed by atoms with Gasteiger partial charge in [0.05, 0.1) is 0 Å². The van der Waals surface area contributed by atoms with Crippen molar-refractivity contribution in [2.45, 2.75) is 140 Å². The molecule has 0 aliphatic carbocycles. The van der Waals surface area contributed by atoms with Crippen LogP contribution in [0.15, 0.2) is 0 Å². The van der Waals surface area contributed by atoms with Crippen molar-refractivity contribution in [3.8, 4) is 0 Å². The number of carbonyl (C=O) groups is 8. The fourth-order valence-electron chi connectivity index (χ4n) is 5.90. The van der Waals surface area contributed by atoms with Crippen molar-refractivity contribution >= 4 is 47.6 Å². The van der Waals surface area contributed by atoms with Gasteiger partial charge in [0.2, 0.25) is 41.4 Å². The van der Waals surface area contributed by atoms with E-state index in [0.717, 1.165) is 6.42 Å². The number of nitrogens with one attached hydrogen (secondary N) is 10. The third kappa shape index (κ3) is 20.9. The van der Waals surface area contributed by atoms with Gasteiger partial charge in [-0.05, 0) is 132 Å². The molecule has 0 unspecified atom stereocenters. The van der Waals surface area contributed by atoms with Crippen molar-refractivity contribution in [3.05, 3.63) is 0 Å². The van der Waals surface area contributed by atoms with Gasteiger partial charge in [0.25, 0.3) is 0 Å². The molecular formula is C37H68N10O8. The first-order chi connectivity index (χ1) is 26.4. The third-order valence-corrected chi connectivity index (χ3v) is 9.28. The van der Waals surface area contributed by atoms with Gasteiger partial charge in [-0.1, -0.05) is 0 Å². The Morgan fingerprint density at radius 2 is 0.800 bits per heavy atom. The van der Waals surface area contributed by atoms with Crippen LogP contribution in [0.3, 0.4) is 0 Å². The standard InChI is InChI=1S/C37H68N10O8/c1-25-32(50)44-27(15-6-10-20-38-3)34(52)42-26(2)33(51)45-29(17-8-12-22-40-5)36(54)47-30(18-9-13-23-41-31(49)19-14-24-48)37(55)46-28(35(53)43-25)16-7-11-21-39-4/h24-30,38-40H,6-23H2,1-5H3,(H,41,49)(H,42,52)(H,43,53)(H,44,50)(H,45,51)(H,46,55)(H,47,54)/t25-,26-,27+,28+,29+,30-/m1/s1. The molecule has 1 aliphatic heterocycles. The highest BCUT2D eigenvalue weighted by Crippen LogP contribution is 2.10. The molecule has 7 amide bonds. The molecule has 18 heteroatoms. The van der Waals surface area contributed by atoms with Crippen LogP contribution in [-0.2, 0) is 38.4 Å². The molecule has 0 aromatic rings. The van der Waals surface area contributed by atoms with Crippen LogP contribution in [0.4, 0.5) is 0 Å². The summed E-state index contributed by atoms with van der Waals surface area (Å²) in [5.74, 6) is -3.88. The van der Waals surface area contributed by atoms with Crippen molar-refractivity contribution in [3.63, 3.8) is 0 Å². The summed E-state index contributed by atoms with van der Waals surface area (Å²) in [6.45, 7) is 5.33. The van der Waals surface area contributed by atoms with Crippen molar-refractivity contribution in [1.29, 1.82) is 0 Å². The molecule has 1 saturated heterocycles. The van der Waals surface area contributed by atoms with Crippen LogP contribution < -0.4 is 53.2 Å². The topological polar surface area (TPSA) is 257 Å². The van der Waals surface area contributed by atoms with Crippen molar-refractivity contribution < 1.29 is 38.4 Å². The summed E-state index contributed by atoms with van der Waals surface area (Å²) in [6, 6.07) is -6.35.